The molecule has 2 N–H and O–H groups in total. The van der Waals surface area contributed by atoms with Crippen LogP contribution in [0.4, 0.5) is 0 Å². The van der Waals surface area contributed by atoms with E-state index < -0.39 is 0 Å². The van der Waals surface area contributed by atoms with E-state index in [1.807, 2.05) is 36.4 Å². The van der Waals surface area contributed by atoms with Gasteiger partial charge >= 0.3 is 0 Å². The topological polar surface area (TPSA) is 70.3 Å². The maximum Gasteiger partial charge on any atom is 0.240 e. The molecule has 3 rings (SSSR count). The Morgan fingerprint density at radius 3 is 2.48 bits per heavy atom. The van der Waals surface area contributed by atoms with Crippen molar-refractivity contribution in [1.29, 1.82) is 0 Å². The van der Waals surface area contributed by atoms with Gasteiger partial charge in [-0.25, -0.2) is 4.98 Å². The Kier molecular flexibility index (Phi) is 3.89. The second kappa shape index (κ2) is 5.99. The van der Waals surface area contributed by atoms with E-state index >= 15 is 0 Å². The molecule has 0 unspecified atom stereocenters. The molecule has 0 aliphatic carbocycles. The Hall–Kier alpha value is -2.31. The zero-order chi connectivity index (χ0) is 14.7. The Morgan fingerprint density at radius 2 is 1.76 bits per heavy atom. The lowest BCUT2D eigenvalue weighted by Crippen LogP contribution is -1.93. The van der Waals surface area contributed by atoms with Crippen molar-refractivity contribution in [2.75, 3.05) is 7.11 Å². The summed E-state index contributed by atoms with van der Waals surface area (Å²) in [4.78, 5) is 9.41. The smallest absolute Gasteiger partial charge is 0.240 e. The molecule has 0 atom stereocenters. The molecular weight excluding hydrogens is 286 g/mol. The quantitative estimate of drug-likeness (QED) is 0.745. The van der Waals surface area contributed by atoms with E-state index in [0.29, 0.717) is 17.1 Å². The molecule has 0 saturated carbocycles. The van der Waals surface area contributed by atoms with Gasteiger partial charge in [-0.05, 0) is 48.3 Å². The average Bonchev–Trinajstić information content (AvgIpc) is 2.55. The highest BCUT2D eigenvalue weighted by Gasteiger charge is 2.09. The molecule has 2 heterocycles. The van der Waals surface area contributed by atoms with Crippen LogP contribution in [0.3, 0.4) is 0 Å². The number of pyridine rings is 2. The summed E-state index contributed by atoms with van der Waals surface area (Å²) in [5.74, 6) is 1.91. The van der Waals surface area contributed by atoms with E-state index in [1.165, 1.54) is 11.9 Å². The van der Waals surface area contributed by atoms with Crippen molar-refractivity contribution in [3.63, 3.8) is 0 Å². The van der Waals surface area contributed by atoms with E-state index in [0.717, 1.165) is 16.0 Å². The van der Waals surface area contributed by atoms with Gasteiger partial charge in [-0.1, -0.05) is 0 Å². The first-order chi connectivity index (χ1) is 10.3. The summed E-state index contributed by atoms with van der Waals surface area (Å²) in [5.41, 5.74) is 0.673. The first kappa shape index (κ1) is 13.7. The van der Waals surface area contributed by atoms with Crippen LogP contribution in [0.5, 0.6) is 17.4 Å². The van der Waals surface area contributed by atoms with Crippen LogP contribution in [-0.2, 0) is 0 Å². The minimum absolute atomic E-state index is 0.479. The molecule has 0 amide bonds. The Labute approximate surface area is 126 Å². The number of rotatable bonds is 4. The predicted octanol–water partition coefficient (Wildman–Crippen LogP) is 3.40. The third kappa shape index (κ3) is 2.76. The lowest BCUT2D eigenvalue weighted by Gasteiger charge is -2.10. The number of nitrogens with zero attached hydrogens (tertiary/aromatic N) is 2. The number of hydrogen-bond donors (Lipinski definition) is 1. The average molecular weight is 299 g/mol. The van der Waals surface area contributed by atoms with E-state index in [2.05, 4.69) is 9.97 Å². The molecule has 3 aromatic rings. The number of ether oxygens (including phenoxy) is 2. The summed E-state index contributed by atoms with van der Waals surface area (Å²) in [6.45, 7) is 0. The molecule has 0 spiro atoms. The van der Waals surface area contributed by atoms with Crippen molar-refractivity contribution in [2.45, 2.75) is 4.90 Å². The summed E-state index contributed by atoms with van der Waals surface area (Å²) in [6, 6.07) is 11.2. The van der Waals surface area contributed by atoms with Crippen molar-refractivity contribution in [3.05, 3.63) is 48.8 Å². The van der Waals surface area contributed by atoms with Gasteiger partial charge in [0.15, 0.2) is 0 Å². The van der Waals surface area contributed by atoms with Gasteiger partial charge in [0.25, 0.3) is 0 Å². The first-order valence-electron chi connectivity index (χ1n) is 6.24. The van der Waals surface area contributed by atoms with E-state index in [4.69, 9.17) is 14.6 Å². The Balaban J connectivity index is 2.00. The van der Waals surface area contributed by atoms with Crippen LogP contribution in [0.25, 0.3) is 10.9 Å². The van der Waals surface area contributed by atoms with Crippen molar-refractivity contribution < 1.29 is 9.47 Å². The van der Waals surface area contributed by atoms with Crippen LogP contribution < -0.4 is 14.6 Å². The van der Waals surface area contributed by atoms with Gasteiger partial charge in [0, 0.05) is 17.3 Å². The lowest BCUT2D eigenvalue weighted by molar-refractivity contribution is 0.402. The van der Waals surface area contributed by atoms with Crippen LogP contribution in [0, 0.1) is 0 Å². The van der Waals surface area contributed by atoms with E-state index in [-0.39, 0.29) is 0 Å². The molecule has 2 aromatic heterocycles. The Morgan fingerprint density at radius 1 is 1.00 bits per heavy atom. The molecular formula is C15H13N3O2S. The molecule has 0 radical (unpaired) electrons. The second-order valence-electron chi connectivity index (χ2n) is 4.22. The number of nitrogens with two attached hydrogens (primary N) is 1. The van der Waals surface area contributed by atoms with Crippen LogP contribution in [0.2, 0.25) is 0 Å². The van der Waals surface area contributed by atoms with Crippen LogP contribution in [0.15, 0.2) is 53.7 Å². The minimum atomic E-state index is 0.479. The molecule has 0 aliphatic rings. The first-order valence-corrected chi connectivity index (χ1v) is 7.12. The molecule has 21 heavy (non-hydrogen) atoms. The fraction of sp³-hybridized carbons (Fsp3) is 0.0667. The minimum Gasteiger partial charge on any atom is -0.479 e. The maximum atomic E-state index is 5.92. The van der Waals surface area contributed by atoms with Gasteiger partial charge in [-0.3, -0.25) is 10.1 Å². The van der Waals surface area contributed by atoms with Crippen LogP contribution in [-0.4, -0.2) is 17.1 Å². The number of fused-ring (bicyclic) bond motifs is 1. The second-order valence-corrected chi connectivity index (χ2v) is 4.92. The SMILES string of the molecule is COc1nccc2c(Oc3ccc(SN)cc3)ccnc12. The van der Waals surface area contributed by atoms with Crippen molar-refractivity contribution >= 4 is 22.9 Å². The number of methoxy groups -OCH3 is 1. The van der Waals surface area contributed by atoms with Crippen LogP contribution >= 0.6 is 11.9 Å². The highest BCUT2D eigenvalue weighted by molar-refractivity contribution is 7.97. The summed E-state index contributed by atoms with van der Waals surface area (Å²) in [7, 11) is 1.57. The zero-order valence-corrected chi connectivity index (χ0v) is 12.1. The molecule has 0 aliphatic heterocycles. The van der Waals surface area contributed by atoms with Crippen molar-refractivity contribution in [3.8, 4) is 17.4 Å². The third-order valence-electron chi connectivity index (χ3n) is 2.97. The monoisotopic (exact) mass is 299 g/mol. The largest absolute Gasteiger partial charge is 0.479 e. The van der Waals surface area contributed by atoms with Gasteiger partial charge in [-0.15, -0.1) is 0 Å². The normalized spacial score (nSPS) is 10.6. The molecule has 0 fully saturated rings. The van der Waals surface area contributed by atoms with Gasteiger partial charge in [0.05, 0.1) is 12.5 Å². The molecule has 0 bridgehead atoms. The fourth-order valence-electron chi connectivity index (χ4n) is 1.98. The summed E-state index contributed by atoms with van der Waals surface area (Å²) < 4.78 is 11.1. The van der Waals surface area contributed by atoms with E-state index in [1.54, 1.807) is 19.5 Å². The van der Waals surface area contributed by atoms with Gasteiger partial charge in [0.2, 0.25) is 5.88 Å². The van der Waals surface area contributed by atoms with Crippen molar-refractivity contribution in [2.24, 2.45) is 5.14 Å². The summed E-state index contributed by atoms with van der Waals surface area (Å²) in [6.07, 6.45) is 3.34. The zero-order valence-electron chi connectivity index (χ0n) is 11.3. The van der Waals surface area contributed by atoms with Gasteiger partial charge in [0.1, 0.15) is 17.0 Å². The van der Waals surface area contributed by atoms with Crippen molar-refractivity contribution in [1.82, 2.24) is 9.97 Å². The Bertz CT molecular complexity index is 762. The molecule has 106 valence electrons. The third-order valence-corrected chi connectivity index (χ3v) is 3.51. The number of aromatic nitrogens is 2. The number of hydrogen-bond acceptors (Lipinski definition) is 6. The van der Waals surface area contributed by atoms with Crippen LogP contribution in [0.1, 0.15) is 0 Å². The molecule has 6 heteroatoms. The highest BCUT2D eigenvalue weighted by Crippen LogP contribution is 2.32. The highest BCUT2D eigenvalue weighted by atomic mass is 32.2. The standard InChI is InChI=1S/C15H13N3O2S/c1-19-15-14-12(6-8-18-15)13(7-9-17-14)20-10-2-4-11(21-16)5-3-10/h2-9H,16H2,1H3. The fourth-order valence-corrected chi connectivity index (χ4v) is 2.27. The van der Waals surface area contributed by atoms with Gasteiger partial charge < -0.3 is 9.47 Å². The summed E-state index contributed by atoms with van der Waals surface area (Å²) in [5, 5.41) is 6.35. The number of benzene rings is 1. The lowest BCUT2D eigenvalue weighted by atomic mass is 10.2. The van der Waals surface area contributed by atoms with E-state index in [9.17, 15) is 0 Å². The summed E-state index contributed by atoms with van der Waals surface area (Å²) >= 11 is 1.20. The molecule has 0 saturated heterocycles. The predicted molar refractivity (Wildman–Crippen MR) is 82.7 cm³/mol. The van der Waals surface area contributed by atoms with Gasteiger partial charge in [-0.2, -0.15) is 0 Å². The molecule has 1 aromatic carbocycles. The maximum absolute atomic E-state index is 5.92. The molecule has 5 nitrogen and oxygen atoms in total.